The minimum absolute atomic E-state index is 0.552. The fourth-order valence-corrected chi connectivity index (χ4v) is 2.17. The number of aromatic nitrogens is 2. The van der Waals surface area contributed by atoms with Crippen LogP contribution in [-0.2, 0) is 19.5 Å². The summed E-state index contributed by atoms with van der Waals surface area (Å²) in [6.45, 7) is 3.49. The fraction of sp³-hybridized carbons (Fsp3) is 0.357. The first-order valence-corrected chi connectivity index (χ1v) is 6.60. The van der Waals surface area contributed by atoms with Crippen LogP contribution in [0.15, 0.2) is 30.5 Å². The lowest BCUT2D eigenvalue weighted by atomic mass is 10.1. The average molecular weight is 264 g/mol. The molecule has 2 aromatic rings. The van der Waals surface area contributed by atoms with Crippen molar-refractivity contribution in [2.45, 2.75) is 32.9 Å². The van der Waals surface area contributed by atoms with Gasteiger partial charge in [0.25, 0.3) is 0 Å². The van der Waals surface area contributed by atoms with Crippen molar-refractivity contribution in [1.82, 2.24) is 9.78 Å². The number of hydrogen-bond donors (Lipinski definition) is 1. The Morgan fingerprint density at radius 2 is 2.00 bits per heavy atom. The molecule has 0 saturated heterocycles. The predicted molar refractivity (Wildman–Crippen MR) is 74.7 cm³/mol. The van der Waals surface area contributed by atoms with Crippen molar-refractivity contribution in [2.24, 2.45) is 5.73 Å². The predicted octanol–water partition coefficient (Wildman–Crippen LogP) is 3.00. The molecule has 0 aliphatic heterocycles. The summed E-state index contributed by atoms with van der Waals surface area (Å²) < 4.78 is 2.04. The molecule has 0 atom stereocenters. The number of nitrogens with zero attached hydrogens (tertiary/aromatic N) is 2. The zero-order valence-electron chi connectivity index (χ0n) is 10.6. The molecule has 0 radical (unpaired) electrons. The number of nitrogens with two attached hydrogens (primary N) is 1. The monoisotopic (exact) mass is 263 g/mol. The molecule has 0 aliphatic rings. The zero-order chi connectivity index (χ0) is 13.0. The third-order valence-electron chi connectivity index (χ3n) is 2.99. The zero-order valence-corrected chi connectivity index (χ0v) is 11.3. The summed E-state index contributed by atoms with van der Waals surface area (Å²) in [5, 5.41) is 5.19. The van der Waals surface area contributed by atoms with Gasteiger partial charge in [0.15, 0.2) is 0 Å². The van der Waals surface area contributed by atoms with E-state index in [0.717, 1.165) is 30.0 Å². The first-order valence-electron chi connectivity index (χ1n) is 6.22. The minimum Gasteiger partial charge on any atom is -0.326 e. The van der Waals surface area contributed by atoms with Crippen LogP contribution < -0.4 is 5.73 Å². The van der Waals surface area contributed by atoms with Gasteiger partial charge < -0.3 is 5.73 Å². The molecule has 2 N–H and O–H groups in total. The summed E-state index contributed by atoms with van der Waals surface area (Å²) in [6.07, 6.45) is 3.99. The fourth-order valence-electron chi connectivity index (χ4n) is 2.05. The summed E-state index contributed by atoms with van der Waals surface area (Å²) >= 11 is 5.88. The Kier molecular flexibility index (Phi) is 4.39. The van der Waals surface area contributed by atoms with Gasteiger partial charge in [0, 0.05) is 22.8 Å². The molecule has 0 unspecified atom stereocenters. The summed E-state index contributed by atoms with van der Waals surface area (Å²) in [6, 6.07) is 7.87. The van der Waals surface area contributed by atoms with E-state index in [-0.39, 0.29) is 0 Å². The highest BCUT2D eigenvalue weighted by atomic mass is 35.5. The topological polar surface area (TPSA) is 43.8 Å². The van der Waals surface area contributed by atoms with Gasteiger partial charge in [-0.05, 0) is 24.1 Å². The largest absolute Gasteiger partial charge is 0.326 e. The van der Waals surface area contributed by atoms with E-state index in [2.05, 4.69) is 12.0 Å². The van der Waals surface area contributed by atoms with Crippen LogP contribution in [0.1, 0.15) is 30.2 Å². The molecule has 0 amide bonds. The van der Waals surface area contributed by atoms with Gasteiger partial charge in [-0.15, -0.1) is 0 Å². The van der Waals surface area contributed by atoms with Crippen LogP contribution in [0.3, 0.4) is 0 Å². The van der Waals surface area contributed by atoms with Gasteiger partial charge in [0.1, 0.15) is 0 Å². The summed E-state index contributed by atoms with van der Waals surface area (Å²) in [5.41, 5.74) is 9.32. The molecule has 1 heterocycles. The maximum absolute atomic E-state index is 5.88. The maximum Gasteiger partial charge on any atom is 0.0662 e. The van der Waals surface area contributed by atoms with Crippen LogP contribution in [0.2, 0.25) is 5.02 Å². The average Bonchev–Trinajstić information content (AvgIpc) is 2.75. The van der Waals surface area contributed by atoms with Crippen LogP contribution >= 0.6 is 11.6 Å². The van der Waals surface area contributed by atoms with E-state index in [4.69, 9.17) is 17.3 Å². The van der Waals surface area contributed by atoms with E-state index >= 15 is 0 Å². The van der Waals surface area contributed by atoms with E-state index in [1.807, 2.05) is 35.1 Å². The van der Waals surface area contributed by atoms with Gasteiger partial charge in [-0.1, -0.05) is 37.1 Å². The smallest absolute Gasteiger partial charge is 0.0662 e. The van der Waals surface area contributed by atoms with Crippen LogP contribution in [0.4, 0.5) is 0 Å². The number of hydrogen-bond acceptors (Lipinski definition) is 2. The molecule has 0 spiro atoms. The Labute approximate surface area is 113 Å². The highest BCUT2D eigenvalue weighted by Gasteiger charge is 2.09. The second-order valence-corrected chi connectivity index (χ2v) is 4.79. The number of benzene rings is 1. The van der Waals surface area contributed by atoms with Crippen molar-refractivity contribution in [1.29, 1.82) is 0 Å². The second kappa shape index (κ2) is 6.03. The molecule has 0 aliphatic carbocycles. The third-order valence-corrected chi connectivity index (χ3v) is 3.24. The van der Waals surface area contributed by atoms with E-state index in [1.165, 1.54) is 11.3 Å². The third kappa shape index (κ3) is 2.92. The highest BCUT2D eigenvalue weighted by Crippen LogP contribution is 2.15. The van der Waals surface area contributed by atoms with Gasteiger partial charge >= 0.3 is 0 Å². The van der Waals surface area contributed by atoms with E-state index in [0.29, 0.717) is 6.54 Å². The number of halogens is 1. The van der Waals surface area contributed by atoms with Gasteiger partial charge in [0.2, 0.25) is 0 Å². The maximum atomic E-state index is 5.88. The van der Waals surface area contributed by atoms with Gasteiger partial charge in [-0.2, -0.15) is 5.10 Å². The molecule has 0 bridgehead atoms. The number of rotatable bonds is 5. The molecule has 2 rings (SSSR count). The molecule has 1 aromatic carbocycles. The Morgan fingerprint density at radius 3 is 2.61 bits per heavy atom. The van der Waals surface area contributed by atoms with Crippen molar-refractivity contribution in [3.05, 3.63) is 52.3 Å². The molecule has 4 heteroatoms. The molecule has 18 heavy (non-hydrogen) atoms. The lowest BCUT2D eigenvalue weighted by molar-refractivity contribution is 0.635. The minimum atomic E-state index is 0.552. The van der Waals surface area contributed by atoms with Gasteiger partial charge in [-0.3, -0.25) is 4.68 Å². The summed E-state index contributed by atoms with van der Waals surface area (Å²) in [4.78, 5) is 0. The van der Waals surface area contributed by atoms with Crippen molar-refractivity contribution >= 4 is 11.6 Å². The second-order valence-electron chi connectivity index (χ2n) is 4.35. The van der Waals surface area contributed by atoms with E-state index in [9.17, 15) is 0 Å². The Hall–Kier alpha value is -1.32. The van der Waals surface area contributed by atoms with Crippen molar-refractivity contribution in [3.8, 4) is 0 Å². The van der Waals surface area contributed by atoms with E-state index < -0.39 is 0 Å². The lowest BCUT2D eigenvalue weighted by Crippen LogP contribution is -2.08. The highest BCUT2D eigenvalue weighted by molar-refractivity contribution is 6.30. The Bertz CT molecular complexity index is 502. The molecule has 96 valence electrons. The summed E-state index contributed by atoms with van der Waals surface area (Å²) in [7, 11) is 0. The molecule has 0 fully saturated rings. The van der Waals surface area contributed by atoms with Crippen molar-refractivity contribution in [2.75, 3.05) is 0 Å². The van der Waals surface area contributed by atoms with Crippen LogP contribution in [0.5, 0.6) is 0 Å². The quantitative estimate of drug-likeness (QED) is 0.901. The SMILES string of the molecule is CCCc1c(CN)cnn1Cc1ccc(Cl)cc1. The molecule has 3 nitrogen and oxygen atoms in total. The van der Waals surface area contributed by atoms with Crippen LogP contribution in [0, 0.1) is 0 Å². The first-order chi connectivity index (χ1) is 8.74. The molecular weight excluding hydrogens is 246 g/mol. The normalized spacial score (nSPS) is 10.8. The standard InChI is InChI=1S/C14H18ClN3/c1-2-3-14-12(8-16)9-17-18(14)10-11-4-6-13(15)7-5-11/h4-7,9H,2-3,8,10,16H2,1H3. The molecule has 1 aromatic heterocycles. The Morgan fingerprint density at radius 1 is 1.28 bits per heavy atom. The molecule has 0 saturated carbocycles. The van der Waals surface area contributed by atoms with Crippen LogP contribution in [-0.4, -0.2) is 9.78 Å². The van der Waals surface area contributed by atoms with E-state index in [1.54, 1.807) is 0 Å². The lowest BCUT2D eigenvalue weighted by Gasteiger charge is -2.08. The first kappa shape index (κ1) is 13.1. The van der Waals surface area contributed by atoms with Crippen molar-refractivity contribution in [3.63, 3.8) is 0 Å². The van der Waals surface area contributed by atoms with Crippen LogP contribution in [0.25, 0.3) is 0 Å². The molecular formula is C14H18ClN3. The summed E-state index contributed by atoms with van der Waals surface area (Å²) in [5.74, 6) is 0. The van der Waals surface area contributed by atoms with Gasteiger partial charge in [0.05, 0.1) is 12.7 Å². The Balaban J connectivity index is 2.22. The van der Waals surface area contributed by atoms with Crippen molar-refractivity contribution < 1.29 is 0 Å². The van der Waals surface area contributed by atoms with Gasteiger partial charge in [-0.25, -0.2) is 0 Å².